The number of nitrogens with one attached hydrogen (secondary N) is 1. The number of hydrogen-bond acceptors (Lipinski definition) is 4. The van der Waals surface area contributed by atoms with Gasteiger partial charge in [0.1, 0.15) is 11.5 Å². The van der Waals surface area contributed by atoms with Crippen molar-refractivity contribution in [2.45, 2.75) is 13.3 Å². The van der Waals surface area contributed by atoms with Crippen LogP contribution in [-0.4, -0.2) is 31.7 Å². The first-order valence-corrected chi connectivity index (χ1v) is 7.05. The number of hydrogen-bond donors (Lipinski definition) is 1. The average molecular weight is 337 g/mol. The van der Waals surface area contributed by atoms with Crippen LogP contribution in [0.15, 0.2) is 36.7 Å². The lowest BCUT2D eigenvalue weighted by atomic mass is 10.1. The predicted octanol–water partition coefficient (Wildman–Crippen LogP) is 2.80. The normalized spacial score (nSPS) is 9.70. The Labute approximate surface area is 142 Å². The van der Waals surface area contributed by atoms with Crippen LogP contribution in [0.1, 0.15) is 21.5 Å². The maximum atomic E-state index is 12.0. The summed E-state index contributed by atoms with van der Waals surface area (Å²) in [5, 5.41) is 2.88. The first kappa shape index (κ1) is 18.8. The number of ether oxygens (including phenoxy) is 2. The Morgan fingerprint density at radius 1 is 1.22 bits per heavy atom. The summed E-state index contributed by atoms with van der Waals surface area (Å²) in [5.74, 6) is 1.48. The van der Waals surface area contributed by atoms with Gasteiger partial charge in [0, 0.05) is 18.9 Å². The molecule has 6 heteroatoms. The van der Waals surface area contributed by atoms with E-state index in [1.165, 1.54) is 0 Å². The van der Waals surface area contributed by atoms with Gasteiger partial charge in [-0.15, -0.1) is 12.4 Å². The minimum atomic E-state index is -0.133. The first-order valence-electron chi connectivity index (χ1n) is 7.05. The number of methoxy groups -OCH3 is 2. The lowest BCUT2D eigenvalue weighted by Gasteiger charge is -2.13. The fourth-order valence-corrected chi connectivity index (χ4v) is 2.22. The van der Waals surface area contributed by atoms with Crippen molar-refractivity contribution < 1.29 is 14.3 Å². The monoisotopic (exact) mass is 336 g/mol. The standard InChI is InChI=1S/C17H20N2O3.ClH/c1-12-9-16(22-3)13(10-15(12)21-2)6-8-19-17(20)14-5-4-7-18-11-14;/h4-5,7,9-11H,6,8H2,1-3H3,(H,19,20);1H. The predicted molar refractivity (Wildman–Crippen MR) is 91.8 cm³/mol. The van der Waals surface area contributed by atoms with Crippen molar-refractivity contribution >= 4 is 18.3 Å². The molecule has 0 saturated carbocycles. The Morgan fingerprint density at radius 2 is 1.96 bits per heavy atom. The van der Waals surface area contributed by atoms with Crippen LogP contribution in [0, 0.1) is 6.92 Å². The van der Waals surface area contributed by atoms with Crippen LogP contribution in [0.2, 0.25) is 0 Å². The van der Waals surface area contributed by atoms with Crippen LogP contribution in [0.5, 0.6) is 11.5 Å². The Morgan fingerprint density at radius 3 is 2.57 bits per heavy atom. The molecule has 0 aliphatic heterocycles. The molecule has 0 spiro atoms. The molecule has 0 aliphatic rings. The molecule has 1 heterocycles. The highest BCUT2D eigenvalue weighted by Gasteiger charge is 2.10. The summed E-state index contributed by atoms with van der Waals surface area (Å²) >= 11 is 0. The summed E-state index contributed by atoms with van der Waals surface area (Å²) in [6.07, 6.45) is 3.84. The molecule has 1 amide bonds. The smallest absolute Gasteiger partial charge is 0.252 e. The van der Waals surface area contributed by atoms with E-state index in [2.05, 4.69) is 10.3 Å². The van der Waals surface area contributed by atoms with E-state index in [1.807, 2.05) is 19.1 Å². The van der Waals surface area contributed by atoms with Gasteiger partial charge in [-0.05, 0) is 48.7 Å². The van der Waals surface area contributed by atoms with Gasteiger partial charge in [-0.3, -0.25) is 9.78 Å². The van der Waals surface area contributed by atoms with Crippen LogP contribution in [0.4, 0.5) is 0 Å². The SMILES string of the molecule is COc1cc(CCNC(=O)c2cccnc2)c(OC)cc1C.Cl. The van der Waals surface area contributed by atoms with Crippen molar-refractivity contribution in [3.63, 3.8) is 0 Å². The molecule has 0 unspecified atom stereocenters. The van der Waals surface area contributed by atoms with E-state index in [9.17, 15) is 4.79 Å². The molecule has 1 N–H and O–H groups in total. The summed E-state index contributed by atoms with van der Waals surface area (Å²) in [5.41, 5.74) is 2.56. The zero-order valence-electron chi connectivity index (χ0n) is 13.5. The molecular formula is C17H21ClN2O3. The van der Waals surface area contributed by atoms with E-state index >= 15 is 0 Å². The highest BCUT2D eigenvalue weighted by atomic mass is 35.5. The van der Waals surface area contributed by atoms with E-state index in [0.29, 0.717) is 18.5 Å². The molecule has 1 aromatic heterocycles. The van der Waals surface area contributed by atoms with Crippen molar-refractivity contribution in [1.82, 2.24) is 10.3 Å². The molecule has 1 aromatic carbocycles. The van der Waals surface area contributed by atoms with Gasteiger partial charge in [0.05, 0.1) is 19.8 Å². The summed E-state index contributed by atoms with van der Waals surface area (Å²) in [6.45, 7) is 2.48. The minimum Gasteiger partial charge on any atom is -0.496 e. The van der Waals surface area contributed by atoms with Crippen molar-refractivity contribution in [3.05, 3.63) is 53.3 Å². The van der Waals surface area contributed by atoms with Gasteiger partial charge in [0.25, 0.3) is 5.91 Å². The number of carbonyl (C=O) groups excluding carboxylic acids is 1. The second-order valence-corrected chi connectivity index (χ2v) is 4.88. The molecule has 23 heavy (non-hydrogen) atoms. The number of halogens is 1. The van der Waals surface area contributed by atoms with E-state index in [4.69, 9.17) is 9.47 Å². The molecule has 0 bridgehead atoms. The van der Waals surface area contributed by atoms with E-state index in [0.717, 1.165) is 22.6 Å². The second kappa shape index (κ2) is 9.00. The largest absolute Gasteiger partial charge is 0.496 e. The molecule has 2 aromatic rings. The molecule has 2 rings (SSSR count). The molecule has 0 saturated heterocycles. The van der Waals surface area contributed by atoms with E-state index in [-0.39, 0.29) is 18.3 Å². The molecule has 0 atom stereocenters. The van der Waals surface area contributed by atoms with Crippen LogP contribution in [0.3, 0.4) is 0 Å². The van der Waals surface area contributed by atoms with Crippen LogP contribution >= 0.6 is 12.4 Å². The van der Waals surface area contributed by atoms with Gasteiger partial charge in [-0.1, -0.05) is 0 Å². The van der Waals surface area contributed by atoms with Gasteiger partial charge in [-0.25, -0.2) is 0 Å². The number of rotatable bonds is 6. The molecule has 0 fully saturated rings. The number of benzene rings is 1. The zero-order valence-corrected chi connectivity index (χ0v) is 14.3. The van der Waals surface area contributed by atoms with Crippen molar-refractivity contribution in [2.75, 3.05) is 20.8 Å². The maximum Gasteiger partial charge on any atom is 0.252 e. The minimum absolute atomic E-state index is 0. The molecular weight excluding hydrogens is 316 g/mol. The Hall–Kier alpha value is -2.27. The molecule has 124 valence electrons. The second-order valence-electron chi connectivity index (χ2n) is 4.88. The van der Waals surface area contributed by atoms with Gasteiger partial charge in [-0.2, -0.15) is 0 Å². The Balaban J connectivity index is 0.00000264. The van der Waals surface area contributed by atoms with Crippen LogP contribution in [0.25, 0.3) is 0 Å². The number of pyridine rings is 1. The van der Waals surface area contributed by atoms with E-state index < -0.39 is 0 Å². The van der Waals surface area contributed by atoms with Gasteiger partial charge >= 0.3 is 0 Å². The maximum absolute atomic E-state index is 12.0. The lowest BCUT2D eigenvalue weighted by molar-refractivity contribution is 0.0953. The highest BCUT2D eigenvalue weighted by molar-refractivity contribution is 5.93. The topological polar surface area (TPSA) is 60.5 Å². The fraction of sp³-hybridized carbons (Fsp3) is 0.294. The van der Waals surface area contributed by atoms with E-state index in [1.54, 1.807) is 38.7 Å². The van der Waals surface area contributed by atoms with Gasteiger partial charge in [0.15, 0.2) is 0 Å². The summed E-state index contributed by atoms with van der Waals surface area (Å²) in [4.78, 5) is 15.9. The number of amides is 1. The van der Waals surface area contributed by atoms with Gasteiger partial charge < -0.3 is 14.8 Å². The number of aromatic nitrogens is 1. The quantitative estimate of drug-likeness (QED) is 0.881. The molecule has 0 radical (unpaired) electrons. The number of carbonyl (C=O) groups is 1. The molecule has 5 nitrogen and oxygen atoms in total. The van der Waals surface area contributed by atoms with Crippen molar-refractivity contribution in [1.29, 1.82) is 0 Å². The fourth-order valence-electron chi connectivity index (χ4n) is 2.22. The third-order valence-corrected chi connectivity index (χ3v) is 3.40. The number of nitrogens with zero attached hydrogens (tertiary/aromatic N) is 1. The number of aryl methyl sites for hydroxylation is 1. The van der Waals surface area contributed by atoms with Crippen molar-refractivity contribution in [2.24, 2.45) is 0 Å². The van der Waals surface area contributed by atoms with Crippen molar-refractivity contribution in [3.8, 4) is 11.5 Å². The molecule has 0 aliphatic carbocycles. The Bertz CT molecular complexity index is 648. The summed E-state index contributed by atoms with van der Waals surface area (Å²) in [7, 11) is 3.28. The third-order valence-electron chi connectivity index (χ3n) is 3.40. The summed E-state index contributed by atoms with van der Waals surface area (Å²) < 4.78 is 10.7. The lowest BCUT2D eigenvalue weighted by Crippen LogP contribution is -2.25. The Kier molecular flexibility index (Phi) is 7.35. The zero-order chi connectivity index (χ0) is 15.9. The summed E-state index contributed by atoms with van der Waals surface area (Å²) in [6, 6.07) is 7.36. The van der Waals surface area contributed by atoms with Gasteiger partial charge in [0.2, 0.25) is 0 Å². The van der Waals surface area contributed by atoms with Crippen LogP contribution < -0.4 is 14.8 Å². The highest BCUT2D eigenvalue weighted by Crippen LogP contribution is 2.28. The third kappa shape index (κ3) is 4.86. The average Bonchev–Trinajstić information content (AvgIpc) is 2.56. The van der Waals surface area contributed by atoms with Crippen LogP contribution in [-0.2, 0) is 6.42 Å². The first-order chi connectivity index (χ1) is 10.7.